The van der Waals surface area contributed by atoms with Gasteiger partial charge in [0.25, 0.3) is 0 Å². The highest BCUT2D eigenvalue weighted by molar-refractivity contribution is 5.90. The van der Waals surface area contributed by atoms with Gasteiger partial charge in [0.05, 0.1) is 0 Å². The summed E-state index contributed by atoms with van der Waals surface area (Å²) in [6, 6.07) is 7.96. The minimum absolute atomic E-state index is 1.03. The molecule has 0 heterocycles. The molecule has 0 aliphatic heterocycles. The molecule has 1 aromatic carbocycles. The first-order chi connectivity index (χ1) is 5.34. The second kappa shape index (κ2) is 3.71. The minimum atomic E-state index is 1.03. The lowest BCUT2D eigenvalue weighted by Crippen LogP contribution is -2.21. The van der Waals surface area contributed by atoms with Crippen LogP contribution in [0.2, 0.25) is 0 Å². The van der Waals surface area contributed by atoms with Gasteiger partial charge in [0.15, 0.2) is 0 Å². The average molecular weight is 145 g/mol. The van der Waals surface area contributed by atoms with Crippen LogP contribution in [0.3, 0.4) is 0 Å². The molecular formula is C10H11N. The van der Waals surface area contributed by atoms with Crippen molar-refractivity contribution in [1.29, 1.82) is 0 Å². The monoisotopic (exact) mass is 145 g/mol. The highest BCUT2D eigenvalue weighted by atomic mass is 14.6. The number of nitrogens with zero attached hydrogens (tertiary/aromatic N) is 1. The third-order valence-corrected chi connectivity index (χ3v) is 1.46. The van der Waals surface area contributed by atoms with Crippen molar-refractivity contribution in [3.05, 3.63) is 34.7 Å². The van der Waals surface area contributed by atoms with Crippen LogP contribution in [0.1, 0.15) is 0 Å². The van der Waals surface area contributed by atoms with Crippen LogP contribution >= 0.6 is 0 Å². The third-order valence-electron chi connectivity index (χ3n) is 1.46. The first kappa shape index (κ1) is 7.73. The van der Waals surface area contributed by atoms with Gasteiger partial charge in [-0.2, -0.15) is 0 Å². The molecule has 0 radical (unpaired) electrons. The van der Waals surface area contributed by atoms with Crippen molar-refractivity contribution >= 4 is 18.9 Å². The fraction of sp³-hybridized carbons (Fsp3) is 0.100. The summed E-state index contributed by atoms with van der Waals surface area (Å²) in [5, 5.41) is 2.16. The summed E-state index contributed by atoms with van der Waals surface area (Å²) in [7, 11) is 1.75. The van der Waals surface area contributed by atoms with Gasteiger partial charge in [-0.25, -0.2) is 0 Å². The van der Waals surface area contributed by atoms with Gasteiger partial charge in [-0.05, 0) is 16.5 Å². The molecule has 1 nitrogen and oxygen atoms in total. The molecule has 0 aliphatic rings. The summed E-state index contributed by atoms with van der Waals surface area (Å²) in [5.74, 6) is 0. The smallest absolute Gasteiger partial charge is 0.0277 e. The van der Waals surface area contributed by atoms with Gasteiger partial charge in [-0.15, -0.1) is 0 Å². The maximum Gasteiger partial charge on any atom is 0.0277 e. The normalized spacial score (nSPS) is 12.6. The van der Waals surface area contributed by atoms with Crippen molar-refractivity contribution in [3.63, 3.8) is 0 Å². The van der Waals surface area contributed by atoms with Gasteiger partial charge >= 0.3 is 0 Å². The molecular weight excluding hydrogens is 134 g/mol. The van der Waals surface area contributed by atoms with Crippen molar-refractivity contribution in [1.82, 2.24) is 0 Å². The van der Waals surface area contributed by atoms with Gasteiger partial charge < -0.3 is 0 Å². The second-order valence-electron chi connectivity index (χ2n) is 2.27. The van der Waals surface area contributed by atoms with Gasteiger partial charge in [0, 0.05) is 13.3 Å². The van der Waals surface area contributed by atoms with E-state index in [1.807, 2.05) is 30.3 Å². The van der Waals surface area contributed by atoms with Crippen molar-refractivity contribution in [2.75, 3.05) is 7.05 Å². The minimum Gasteiger partial charge on any atom is -0.296 e. The van der Waals surface area contributed by atoms with Crippen molar-refractivity contribution < 1.29 is 0 Å². The summed E-state index contributed by atoms with van der Waals surface area (Å²) >= 11 is 0. The molecule has 0 saturated heterocycles. The summed E-state index contributed by atoms with van der Waals surface area (Å²) in [6.07, 6.45) is 3.71. The molecule has 0 spiro atoms. The zero-order valence-electron chi connectivity index (χ0n) is 6.62. The Morgan fingerprint density at radius 3 is 2.73 bits per heavy atom. The predicted molar refractivity (Wildman–Crippen MR) is 50.1 cm³/mol. The molecule has 0 unspecified atom stereocenters. The Labute approximate surface area is 66.4 Å². The Hall–Kier alpha value is -1.37. The van der Waals surface area contributed by atoms with E-state index in [-0.39, 0.29) is 0 Å². The quantitative estimate of drug-likeness (QED) is 0.512. The van der Waals surface area contributed by atoms with Crippen LogP contribution in [0.15, 0.2) is 29.3 Å². The van der Waals surface area contributed by atoms with Crippen molar-refractivity contribution in [2.24, 2.45) is 4.99 Å². The number of hydrogen-bond acceptors (Lipinski definition) is 1. The van der Waals surface area contributed by atoms with Crippen molar-refractivity contribution in [3.8, 4) is 0 Å². The van der Waals surface area contributed by atoms with Gasteiger partial charge in [-0.1, -0.05) is 30.8 Å². The van der Waals surface area contributed by atoms with Crippen LogP contribution in [0.4, 0.5) is 0 Å². The highest BCUT2D eigenvalue weighted by Crippen LogP contribution is 1.69. The molecule has 0 N–H and O–H groups in total. The Morgan fingerprint density at radius 2 is 2.09 bits per heavy atom. The van der Waals surface area contributed by atoms with Gasteiger partial charge in [0.1, 0.15) is 0 Å². The molecule has 0 amide bonds. The average Bonchev–Trinajstić information content (AvgIpc) is 2.03. The predicted octanol–water partition coefficient (Wildman–Crippen LogP) is 0.578. The SMILES string of the molecule is C=c1cccc/c1=C\C=N\C. The Morgan fingerprint density at radius 1 is 1.36 bits per heavy atom. The standard InChI is InChI=1S/C10H11N/c1-9-5-3-4-6-10(9)7-8-11-2/h3-8H,1H2,2H3/b10-7+,11-8+. The van der Waals surface area contributed by atoms with E-state index < -0.39 is 0 Å². The zero-order chi connectivity index (χ0) is 8.10. The molecule has 56 valence electrons. The van der Waals surface area contributed by atoms with Gasteiger partial charge in [0.2, 0.25) is 0 Å². The van der Waals surface area contributed by atoms with Crippen LogP contribution in [-0.2, 0) is 0 Å². The van der Waals surface area contributed by atoms with Crippen LogP contribution in [0.25, 0.3) is 12.7 Å². The lowest BCUT2D eigenvalue weighted by Gasteiger charge is -1.83. The van der Waals surface area contributed by atoms with Gasteiger partial charge in [-0.3, -0.25) is 4.99 Å². The van der Waals surface area contributed by atoms with E-state index in [1.165, 1.54) is 0 Å². The first-order valence-corrected chi connectivity index (χ1v) is 3.51. The van der Waals surface area contributed by atoms with E-state index in [4.69, 9.17) is 0 Å². The lowest BCUT2D eigenvalue weighted by atomic mass is 10.2. The third kappa shape index (κ3) is 2.04. The molecule has 0 aliphatic carbocycles. The molecule has 1 heteroatoms. The Balaban J connectivity index is 3.24. The topological polar surface area (TPSA) is 12.4 Å². The molecule has 0 atom stereocenters. The Bertz CT molecular complexity index is 349. The molecule has 11 heavy (non-hydrogen) atoms. The Kier molecular flexibility index (Phi) is 2.61. The van der Waals surface area contributed by atoms with Crippen LogP contribution < -0.4 is 10.4 Å². The van der Waals surface area contributed by atoms with Crippen LogP contribution in [0, 0.1) is 0 Å². The van der Waals surface area contributed by atoms with E-state index in [9.17, 15) is 0 Å². The maximum atomic E-state index is 3.88. The number of rotatable bonds is 1. The summed E-state index contributed by atoms with van der Waals surface area (Å²) in [4.78, 5) is 3.86. The molecule has 1 aromatic rings. The van der Waals surface area contributed by atoms with Crippen molar-refractivity contribution in [2.45, 2.75) is 0 Å². The molecule has 0 saturated carbocycles. The summed E-state index contributed by atoms with van der Waals surface area (Å²) in [6.45, 7) is 3.88. The number of hydrogen-bond donors (Lipinski definition) is 0. The fourth-order valence-corrected chi connectivity index (χ4v) is 0.852. The lowest BCUT2D eigenvalue weighted by molar-refractivity contribution is 1.48. The summed E-state index contributed by atoms with van der Waals surface area (Å²) < 4.78 is 0. The van der Waals surface area contributed by atoms with E-state index in [0.29, 0.717) is 0 Å². The maximum absolute atomic E-state index is 3.88. The number of benzene rings is 1. The molecule has 0 bridgehead atoms. The van der Waals surface area contributed by atoms with E-state index in [0.717, 1.165) is 10.4 Å². The van der Waals surface area contributed by atoms with E-state index >= 15 is 0 Å². The molecule has 0 fully saturated rings. The van der Waals surface area contributed by atoms with E-state index in [2.05, 4.69) is 11.6 Å². The molecule has 1 rings (SSSR count). The fourth-order valence-electron chi connectivity index (χ4n) is 0.852. The molecule has 0 aromatic heterocycles. The first-order valence-electron chi connectivity index (χ1n) is 3.51. The zero-order valence-corrected chi connectivity index (χ0v) is 6.62. The highest BCUT2D eigenvalue weighted by Gasteiger charge is 1.76. The van der Waals surface area contributed by atoms with E-state index in [1.54, 1.807) is 13.3 Å². The number of aliphatic imine (C=N–C) groups is 1. The van der Waals surface area contributed by atoms with Crippen LogP contribution in [0.5, 0.6) is 0 Å². The second-order valence-corrected chi connectivity index (χ2v) is 2.27. The summed E-state index contributed by atoms with van der Waals surface area (Å²) in [5.41, 5.74) is 0. The largest absolute Gasteiger partial charge is 0.296 e. The van der Waals surface area contributed by atoms with Crippen LogP contribution in [-0.4, -0.2) is 13.3 Å².